The molecule has 11 heteroatoms. The summed E-state index contributed by atoms with van der Waals surface area (Å²) in [7, 11) is 0. The summed E-state index contributed by atoms with van der Waals surface area (Å²) in [6, 6.07) is 32.1. The van der Waals surface area contributed by atoms with Crippen LogP contribution in [0.15, 0.2) is 121 Å². The van der Waals surface area contributed by atoms with Gasteiger partial charge >= 0.3 is 12.4 Å². The zero-order valence-electron chi connectivity index (χ0n) is 26.8. The Morgan fingerprint density at radius 1 is 0.358 bits per heavy atom. The Kier molecular flexibility index (Phi) is 7.78. The van der Waals surface area contributed by atoms with Gasteiger partial charge < -0.3 is 0 Å². The summed E-state index contributed by atoms with van der Waals surface area (Å²) in [5.41, 5.74) is -0.245. The van der Waals surface area contributed by atoms with Gasteiger partial charge in [-0.2, -0.15) is 26.3 Å². The fourth-order valence-electron chi connectivity index (χ4n) is 6.71. The normalized spacial score (nSPS) is 12.5. The van der Waals surface area contributed by atoms with Gasteiger partial charge in [0, 0.05) is 50.8 Å². The van der Waals surface area contributed by atoms with E-state index in [0.717, 1.165) is 99.0 Å². The third-order valence-electron chi connectivity index (χ3n) is 9.33. The smallest absolute Gasteiger partial charge is 0.206 e. The first-order valence-electron chi connectivity index (χ1n) is 16.1. The van der Waals surface area contributed by atoms with Gasteiger partial charge in [0.25, 0.3) is 0 Å². The number of hydrogen-bond donors (Lipinski definition) is 0. The summed E-state index contributed by atoms with van der Waals surface area (Å²) >= 11 is 4.13. The van der Waals surface area contributed by atoms with Crippen molar-refractivity contribution in [3.63, 3.8) is 0 Å². The Bertz CT molecular complexity index is 2710. The molecule has 53 heavy (non-hydrogen) atoms. The number of alkyl halides is 6. The van der Waals surface area contributed by atoms with E-state index >= 15 is 0 Å². The van der Waals surface area contributed by atoms with E-state index in [9.17, 15) is 35.1 Å². The molecule has 0 aliphatic carbocycles. The van der Waals surface area contributed by atoms with E-state index in [1.807, 2.05) is 48.5 Å². The number of benzene rings is 6. The highest BCUT2D eigenvalue weighted by Gasteiger charge is 2.32. The Labute approximate surface area is 307 Å². The molecule has 0 amide bonds. The number of thiophene rings is 3. The maximum atomic E-state index is 14.6. The van der Waals surface area contributed by atoms with Crippen molar-refractivity contribution in [2.45, 2.75) is 12.4 Å². The molecule has 6 aromatic carbocycles. The molecule has 0 atom stereocenters. The molecule has 0 aliphatic heterocycles. The van der Waals surface area contributed by atoms with Crippen LogP contribution >= 0.6 is 34.0 Å². The summed E-state index contributed by atoms with van der Waals surface area (Å²) in [5, 5.41) is 6.26. The van der Waals surface area contributed by atoms with Crippen LogP contribution < -0.4 is 0 Å². The van der Waals surface area contributed by atoms with Gasteiger partial charge in [-0.25, -0.2) is 8.78 Å². The number of rotatable bonds is 4. The predicted molar refractivity (Wildman–Crippen MR) is 202 cm³/mol. The summed E-state index contributed by atoms with van der Waals surface area (Å²) in [6.45, 7) is 0. The van der Waals surface area contributed by atoms with Gasteiger partial charge in [-0.15, -0.1) is 34.0 Å². The molecule has 0 saturated heterocycles. The molecule has 9 aromatic rings. The Morgan fingerprint density at radius 2 is 0.755 bits per heavy atom. The summed E-state index contributed by atoms with van der Waals surface area (Å²) in [5.74, 6) is -1.43. The molecule has 0 aliphatic rings. The molecule has 3 aromatic heterocycles. The zero-order chi connectivity index (χ0) is 36.8. The lowest BCUT2D eigenvalue weighted by atomic mass is 10.0. The lowest BCUT2D eigenvalue weighted by molar-refractivity contribution is -0.138. The average Bonchev–Trinajstić information content (AvgIpc) is 3.90. The third-order valence-corrected chi connectivity index (χ3v) is 13.0. The van der Waals surface area contributed by atoms with E-state index in [-0.39, 0.29) is 11.1 Å². The fraction of sp³-hybridized carbons (Fsp3) is 0.0476. The van der Waals surface area contributed by atoms with Crippen LogP contribution in [0.4, 0.5) is 35.1 Å². The highest BCUT2D eigenvalue weighted by molar-refractivity contribution is 7.27. The topological polar surface area (TPSA) is 0 Å². The summed E-state index contributed by atoms with van der Waals surface area (Å²) in [6.07, 6.45) is -9.15. The van der Waals surface area contributed by atoms with Crippen molar-refractivity contribution in [1.82, 2.24) is 0 Å². The van der Waals surface area contributed by atoms with Crippen molar-refractivity contribution in [2.24, 2.45) is 0 Å². The van der Waals surface area contributed by atoms with Crippen molar-refractivity contribution < 1.29 is 35.1 Å². The highest BCUT2D eigenvalue weighted by Crippen LogP contribution is 2.45. The summed E-state index contributed by atoms with van der Waals surface area (Å²) in [4.78, 5) is 2.41. The van der Waals surface area contributed by atoms with Gasteiger partial charge in [0.1, 0.15) is 11.6 Å². The minimum atomic E-state index is -4.58. The Morgan fingerprint density at radius 3 is 1.17 bits per heavy atom. The predicted octanol–water partition coefficient (Wildman–Crippen LogP) is 15.5. The second-order valence-corrected chi connectivity index (χ2v) is 15.8. The van der Waals surface area contributed by atoms with Crippen LogP contribution in [0.5, 0.6) is 0 Å². The van der Waals surface area contributed by atoms with Crippen LogP contribution in [0.2, 0.25) is 0 Å². The fourth-order valence-corrected chi connectivity index (χ4v) is 10.1. The van der Waals surface area contributed by atoms with E-state index < -0.39 is 35.1 Å². The molecule has 0 bridgehead atoms. The molecule has 0 saturated carbocycles. The largest absolute Gasteiger partial charge is 0.416 e. The molecule has 9 rings (SSSR count). The van der Waals surface area contributed by atoms with Crippen LogP contribution in [-0.2, 0) is 12.4 Å². The number of hydrogen-bond acceptors (Lipinski definition) is 3. The quantitative estimate of drug-likeness (QED) is 0.156. The highest BCUT2D eigenvalue weighted by atomic mass is 32.1. The molecule has 0 spiro atoms. The van der Waals surface area contributed by atoms with Crippen LogP contribution in [-0.4, -0.2) is 0 Å². The first-order chi connectivity index (χ1) is 25.3. The van der Waals surface area contributed by atoms with Gasteiger partial charge in [-0.1, -0.05) is 48.5 Å². The molecule has 3 heterocycles. The van der Waals surface area contributed by atoms with E-state index in [2.05, 4.69) is 12.1 Å². The monoisotopic (exact) mass is 772 g/mol. The van der Waals surface area contributed by atoms with Crippen molar-refractivity contribution in [3.8, 4) is 41.8 Å². The van der Waals surface area contributed by atoms with Crippen molar-refractivity contribution in [2.75, 3.05) is 0 Å². The molecular weight excluding hydrogens is 753 g/mol. The molecular formula is C42H20F8S3. The van der Waals surface area contributed by atoms with Gasteiger partial charge in [0.15, 0.2) is 0 Å². The number of fused-ring (bicyclic) bond motifs is 7. The second kappa shape index (κ2) is 12.2. The molecule has 0 N–H and O–H groups in total. The maximum absolute atomic E-state index is 14.6. The van der Waals surface area contributed by atoms with Gasteiger partial charge in [0.05, 0.1) is 11.1 Å². The number of halogens is 8. The van der Waals surface area contributed by atoms with Crippen molar-refractivity contribution in [1.29, 1.82) is 0 Å². The molecule has 0 nitrogen and oxygen atoms in total. The average molecular weight is 773 g/mol. The van der Waals surface area contributed by atoms with Gasteiger partial charge in [-0.05, 0) is 105 Å². The van der Waals surface area contributed by atoms with Gasteiger partial charge in [0.2, 0.25) is 0 Å². The first-order valence-corrected chi connectivity index (χ1v) is 18.5. The minimum Gasteiger partial charge on any atom is -0.206 e. The van der Waals surface area contributed by atoms with Gasteiger partial charge in [-0.3, -0.25) is 0 Å². The first kappa shape index (κ1) is 33.7. The second-order valence-electron chi connectivity index (χ2n) is 12.6. The van der Waals surface area contributed by atoms with E-state index in [1.54, 1.807) is 35.6 Å². The van der Waals surface area contributed by atoms with Crippen molar-refractivity contribution >= 4 is 75.7 Å². The minimum absolute atomic E-state index is 0.0890. The van der Waals surface area contributed by atoms with Crippen LogP contribution in [0, 0.1) is 11.6 Å². The molecule has 0 fully saturated rings. The van der Waals surface area contributed by atoms with E-state index in [4.69, 9.17) is 0 Å². The van der Waals surface area contributed by atoms with Crippen LogP contribution in [0.3, 0.4) is 0 Å². The Hall–Kier alpha value is -5.10. The maximum Gasteiger partial charge on any atom is 0.416 e. The van der Waals surface area contributed by atoms with Crippen molar-refractivity contribution in [3.05, 3.63) is 144 Å². The van der Waals surface area contributed by atoms with E-state index in [1.165, 1.54) is 22.7 Å². The standard InChI is InChI=1S/C42H20F8S3/c43-33-11-5-25(41(45,46)47)19-31(33)37-15-13-35(51-37)23-3-7-27-21(17-23)1-9-29-30-10-2-22-18-24(4-8-28(22)40(30)53-39(27)29)36-14-16-38(52-36)32-20-26(42(48,49)50)6-12-34(32)44/h1-20H. The van der Waals surface area contributed by atoms with E-state index in [0.29, 0.717) is 9.75 Å². The molecule has 0 radical (unpaired) electrons. The molecule has 262 valence electrons. The molecule has 0 unspecified atom stereocenters. The lowest BCUT2D eigenvalue weighted by Crippen LogP contribution is -2.05. The Balaban J connectivity index is 1.06. The van der Waals surface area contributed by atoms with Crippen LogP contribution in [0.25, 0.3) is 83.5 Å². The van der Waals surface area contributed by atoms with Crippen LogP contribution in [0.1, 0.15) is 11.1 Å². The summed E-state index contributed by atoms with van der Waals surface area (Å²) < 4.78 is 111. The third kappa shape index (κ3) is 5.87. The zero-order valence-corrected chi connectivity index (χ0v) is 29.2. The lowest BCUT2D eigenvalue weighted by Gasteiger charge is -2.08. The SMILES string of the molecule is Fc1ccc(C(F)(F)F)cc1-c1ccc(-c2ccc3c(ccc4c5ccc6cc(-c7ccc(-c8cc(C(F)(F)F)ccc8F)s7)ccc6c5sc34)c2)s1.